The van der Waals surface area contributed by atoms with Crippen LogP contribution in [0.2, 0.25) is 0 Å². The smallest absolute Gasteiger partial charge is 0.0736 e. The lowest BCUT2D eigenvalue weighted by Gasteiger charge is -2.66. The molecule has 132 valence electrons. The fourth-order valence-electron chi connectivity index (χ4n) is 7.17. The molecule has 4 fully saturated rings. The summed E-state index contributed by atoms with van der Waals surface area (Å²) in [6.45, 7) is 4.33. The normalized spacial score (nSPS) is 62.3. The fourth-order valence-corrected chi connectivity index (χ4v) is 7.17. The van der Waals surface area contributed by atoms with Gasteiger partial charge in [0.2, 0.25) is 0 Å². The van der Waals surface area contributed by atoms with Gasteiger partial charge in [0, 0.05) is 5.41 Å². The van der Waals surface area contributed by atoms with E-state index in [0.717, 1.165) is 38.5 Å². The highest BCUT2D eigenvalue weighted by Gasteiger charge is 2.68. The molecule has 0 aliphatic heterocycles. The van der Waals surface area contributed by atoms with Crippen LogP contribution >= 0.6 is 0 Å². The second-order valence-electron chi connectivity index (χ2n) is 9.49. The van der Waals surface area contributed by atoms with Gasteiger partial charge in [-0.2, -0.15) is 0 Å². The molecular formula is C19H32O4. The Hall–Kier alpha value is -0.160. The molecule has 23 heavy (non-hydrogen) atoms. The lowest BCUT2D eigenvalue weighted by atomic mass is 9.42. The first-order valence-electron chi connectivity index (χ1n) is 9.49. The molecule has 4 aliphatic carbocycles. The molecule has 0 aromatic carbocycles. The summed E-state index contributed by atoms with van der Waals surface area (Å²) in [5.74, 6) is 0.364. The average Bonchev–Trinajstić information content (AvgIpc) is 2.80. The van der Waals surface area contributed by atoms with Crippen LogP contribution in [0.15, 0.2) is 0 Å². The van der Waals surface area contributed by atoms with Crippen LogP contribution in [-0.2, 0) is 0 Å². The molecule has 0 bridgehead atoms. The minimum Gasteiger partial charge on any atom is -0.393 e. The van der Waals surface area contributed by atoms with Crippen molar-refractivity contribution < 1.29 is 20.4 Å². The first-order valence-corrected chi connectivity index (χ1v) is 9.49. The third-order valence-electron chi connectivity index (χ3n) is 8.79. The van der Waals surface area contributed by atoms with E-state index in [4.69, 9.17) is 0 Å². The predicted octanol–water partition coefficient (Wildman–Crippen LogP) is 1.84. The van der Waals surface area contributed by atoms with E-state index in [1.165, 1.54) is 0 Å². The van der Waals surface area contributed by atoms with Crippen LogP contribution in [-0.4, -0.2) is 44.3 Å². The van der Waals surface area contributed by atoms with E-state index in [1.54, 1.807) is 0 Å². The lowest BCUT2D eigenvalue weighted by molar-refractivity contribution is -0.266. The second-order valence-corrected chi connectivity index (χ2v) is 9.49. The molecular weight excluding hydrogens is 292 g/mol. The Bertz CT molecular complexity index is 496. The van der Waals surface area contributed by atoms with Crippen LogP contribution in [0.5, 0.6) is 0 Å². The Morgan fingerprint density at radius 2 is 1.52 bits per heavy atom. The highest BCUT2D eigenvalue weighted by atomic mass is 16.3. The van der Waals surface area contributed by atoms with Gasteiger partial charge in [-0.1, -0.05) is 13.8 Å². The van der Waals surface area contributed by atoms with Gasteiger partial charge in [-0.3, -0.25) is 0 Å². The van der Waals surface area contributed by atoms with Gasteiger partial charge in [-0.15, -0.1) is 0 Å². The molecule has 0 spiro atoms. The van der Waals surface area contributed by atoms with Crippen molar-refractivity contribution in [1.82, 2.24) is 0 Å². The summed E-state index contributed by atoms with van der Waals surface area (Å²) in [5.41, 5.74) is -1.18. The van der Waals surface area contributed by atoms with Gasteiger partial charge in [0.05, 0.1) is 23.9 Å². The summed E-state index contributed by atoms with van der Waals surface area (Å²) in [6, 6.07) is 0. The van der Waals surface area contributed by atoms with Crippen molar-refractivity contribution in [2.45, 2.75) is 89.1 Å². The fraction of sp³-hybridized carbons (Fsp3) is 1.00. The number of fused-ring (bicyclic) bond motifs is 5. The molecule has 4 saturated carbocycles. The van der Waals surface area contributed by atoms with Crippen LogP contribution < -0.4 is 0 Å². The van der Waals surface area contributed by atoms with Gasteiger partial charge < -0.3 is 20.4 Å². The van der Waals surface area contributed by atoms with Crippen molar-refractivity contribution in [1.29, 1.82) is 0 Å². The zero-order valence-corrected chi connectivity index (χ0v) is 14.4. The molecule has 9 atom stereocenters. The summed E-state index contributed by atoms with van der Waals surface area (Å²) >= 11 is 0. The maximum absolute atomic E-state index is 11.8. The van der Waals surface area contributed by atoms with Crippen LogP contribution in [0.1, 0.15) is 65.2 Å². The maximum atomic E-state index is 11.8. The van der Waals surface area contributed by atoms with Gasteiger partial charge in [0.25, 0.3) is 0 Å². The molecule has 4 aliphatic rings. The third kappa shape index (κ3) is 1.92. The minimum atomic E-state index is -0.759. The zero-order valence-electron chi connectivity index (χ0n) is 14.4. The van der Waals surface area contributed by atoms with Crippen molar-refractivity contribution in [3.63, 3.8) is 0 Å². The van der Waals surface area contributed by atoms with E-state index < -0.39 is 11.7 Å². The van der Waals surface area contributed by atoms with Gasteiger partial charge in [0.15, 0.2) is 0 Å². The molecule has 4 rings (SSSR count). The number of hydrogen-bond donors (Lipinski definition) is 4. The monoisotopic (exact) mass is 324 g/mol. The standard InChI is InChI=1S/C19H32O4/c1-17-7-8-19(23)13(12(17)3-4-16(17)22)10-15(21)14-9-11(20)5-6-18(14,19)2/h11-16,20-23H,3-10H2,1-2H3/t11-,12-,13-,14+,15-,16-,17-,18-,19+/m0/s1. The zero-order chi connectivity index (χ0) is 16.6. The molecule has 4 heteroatoms. The summed E-state index contributed by atoms with van der Waals surface area (Å²) in [7, 11) is 0. The summed E-state index contributed by atoms with van der Waals surface area (Å²) in [5, 5.41) is 43.2. The van der Waals surface area contributed by atoms with E-state index in [-0.39, 0.29) is 34.9 Å². The van der Waals surface area contributed by atoms with Crippen molar-refractivity contribution in [2.24, 2.45) is 28.6 Å². The highest BCUT2D eigenvalue weighted by molar-refractivity contribution is 5.18. The Kier molecular flexibility index (Phi) is 3.50. The largest absolute Gasteiger partial charge is 0.393 e. The SMILES string of the molecule is C[C@]12CC[C@@]3(O)[C@@H](C[C@H](O)[C@H]4C[C@@H](O)CC[C@@]43C)[C@@H]1CC[C@@H]2O. The summed E-state index contributed by atoms with van der Waals surface area (Å²) in [4.78, 5) is 0. The Morgan fingerprint density at radius 1 is 0.783 bits per heavy atom. The maximum Gasteiger partial charge on any atom is 0.0736 e. The minimum absolute atomic E-state index is 0.0109. The van der Waals surface area contributed by atoms with Crippen LogP contribution in [0.4, 0.5) is 0 Å². The topological polar surface area (TPSA) is 80.9 Å². The van der Waals surface area contributed by atoms with Gasteiger partial charge in [0.1, 0.15) is 0 Å². The van der Waals surface area contributed by atoms with Crippen molar-refractivity contribution >= 4 is 0 Å². The number of rotatable bonds is 0. The Balaban J connectivity index is 1.73. The second kappa shape index (κ2) is 4.94. The van der Waals surface area contributed by atoms with E-state index in [9.17, 15) is 20.4 Å². The molecule has 4 nitrogen and oxygen atoms in total. The predicted molar refractivity (Wildman–Crippen MR) is 86.6 cm³/mol. The van der Waals surface area contributed by atoms with Crippen molar-refractivity contribution in [3.05, 3.63) is 0 Å². The summed E-state index contributed by atoms with van der Waals surface area (Å²) in [6.07, 6.45) is 5.05. The van der Waals surface area contributed by atoms with E-state index in [1.807, 2.05) is 0 Å². The molecule has 4 N–H and O–H groups in total. The van der Waals surface area contributed by atoms with Crippen LogP contribution in [0.3, 0.4) is 0 Å². The summed E-state index contributed by atoms with van der Waals surface area (Å²) < 4.78 is 0. The number of aliphatic hydroxyl groups excluding tert-OH is 3. The molecule has 0 aromatic heterocycles. The van der Waals surface area contributed by atoms with Crippen molar-refractivity contribution in [3.8, 4) is 0 Å². The Labute approximate surface area is 138 Å². The average molecular weight is 324 g/mol. The molecule has 0 radical (unpaired) electrons. The molecule has 0 saturated heterocycles. The number of hydrogen-bond acceptors (Lipinski definition) is 4. The quantitative estimate of drug-likeness (QED) is 0.548. The van der Waals surface area contributed by atoms with E-state index in [2.05, 4.69) is 13.8 Å². The van der Waals surface area contributed by atoms with Gasteiger partial charge in [-0.05, 0) is 74.5 Å². The lowest BCUT2D eigenvalue weighted by Crippen LogP contribution is -2.68. The van der Waals surface area contributed by atoms with Gasteiger partial charge >= 0.3 is 0 Å². The molecule has 0 heterocycles. The molecule has 0 amide bonds. The third-order valence-corrected chi connectivity index (χ3v) is 8.79. The molecule has 0 unspecified atom stereocenters. The van der Waals surface area contributed by atoms with Crippen LogP contribution in [0.25, 0.3) is 0 Å². The van der Waals surface area contributed by atoms with E-state index >= 15 is 0 Å². The highest BCUT2D eigenvalue weighted by Crippen LogP contribution is 2.67. The van der Waals surface area contributed by atoms with Crippen molar-refractivity contribution in [2.75, 3.05) is 0 Å². The number of aliphatic hydroxyl groups is 4. The van der Waals surface area contributed by atoms with Crippen LogP contribution in [0, 0.1) is 28.6 Å². The van der Waals surface area contributed by atoms with E-state index in [0.29, 0.717) is 18.8 Å². The first kappa shape index (κ1) is 16.3. The molecule has 0 aromatic rings. The van der Waals surface area contributed by atoms with Gasteiger partial charge in [-0.25, -0.2) is 0 Å². The first-order chi connectivity index (χ1) is 10.7. The Morgan fingerprint density at radius 3 is 2.26 bits per heavy atom.